The van der Waals surface area contributed by atoms with Crippen molar-refractivity contribution in [3.05, 3.63) is 28.2 Å². The Labute approximate surface area is 121 Å². The summed E-state index contributed by atoms with van der Waals surface area (Å²) in [4.78, 5) is 13.7. The van der Waals surface area contributed by atoms with E-state index in [-0.39, 0.29) is 11.9 Å². The fourth-order valence-corrected chi connectivity index (χ4v) is 2.34. The van der Waals surface area contributed by atoms with Crippen LogP contribution in [0.2, 0.25) is 10.0 Å². The van der Waals surface area contributed by atoms with Crippen molar-refractivity contribution >= 4 is 34.9 Å². The Morgan fingerprint density at radius 2 is 2.21 bits per heavy atom. The molecule has 6 heteroatoms. The smallest absolute Gasteiger partial charge is 0.321 e. The van der Waals surface area contributed by atoms with Gasteiger partial charge in [0.05, 0.1) is 22.0 Å². The molecule has 1 aliphatic rings. The number of hydrogen-bond acceptors (Lipinski definition) is 2. The number of rotatable bonds is 1. The van der Waals surface area contributed by atoms with Gasteiger partial charge in [0.1, 0.15) is 0 Å². The van der Waals surface area contributed by atoms with E-state index in [0.29, 0.717) is 28.8 Å². The molecule has 0 bridgehead atoms. The molecule has 0 saturated carbocycles. The highest BCUT2D eigenvalue weighted by atomic mass is 35.5. The lowest BCUT2D eigenvalue weighted by molar-refractivity contribution is 0.189. The molecule has 1 aromatic carbocycles. The fourth-order valence-electron chi connectivity index (χ4n) is 2.04. The second-order valence-electron chi connectivity index (χ2n) is 4.47. The van der Waals surface area contributed by atoms with E-state index in [4.69, 9.17) is 28.5 Å². The number of anilines is 1. The predicted octanol–water partition coefficient (Wildman–Crippen LogP) is 3.76. The summed E-state index contributed by atoms with van der Waals surface area (Å²) in [6, 6.07) is 6.93. The summed E-state index contributed by atoms with van der Waals surface area (Å²) < 4.78 is 0. The third kappa shape index (κ3) is 3.52. The first kappa shape index (κ1) is 14.0. The number of carbonyl (C=O) groups excluding carboxylic acids is 1. The van der Waals surface area contributed by atoms with Gasteiger partial charge in [0.2, 0.25) is 0 Å². The molecule has 1 saturated heterocycles. The number of amides is 2. The van der Waals surface area contributed by atoms with Gasteiger partial charge in [0.25, 0.3) is 0 Å². The zero-order valence-electron chi connectivity index (χ0n) is 10.2. The summed E-state index contributed by atoms with van der Waals surface area (Å²) in [5.74, 6) is -0.0756. The Hall–Kier alpha value is -1.44. The number of nitrogens with zero attached hydrogens (tertiary/aromatic N) is 2. The molecule has 1 N–H and O–H groups in total. The lowest BCUT2D eigenvalue weighted by atomic mass is 10.0. The Kier molecular flexibility index (Phi) is 4.52. The molecule has 0 aromatic heterocycles. The van der Waals surface area contributed by atoms with Gasteiger partial charge < -0.3 is 10.2 Å². The van der Waals surface area contributed by atoms with Crippen LogP contribution in [0.4, 0.5) is 10.5 Å². The second kappa shape index (κ2) is 6.14. The number of piperidine rings is 1. The molecule has 1 aliphatic heterocycles. The molecule has 2 rings (SSSR count). The number of likely N-dealkylation sites (tertiary alicyclic amines) is 1. The van der Waals surface area contributed by atoms with Crippen LogP contribution in [0.5, 0.6) is 0 Å². The lowest BCUT2D eigenvalue weighted by Gasteiger charge is -2.29. The second-order valence-corrected chi connectivity index (χ2v) is 5.29. The van der Waals surface area contributed by atoms with Crippen molar-refractivity contribution in [3.8, 4) is 6.07 Å². The summed E-state index contributed by atoms with van der Waals surface area (Å²) in [6.45, 7) is 1.15. The maximum Gasteiger partial charge on any atom is 0.321 e. The molecule has 1 fully saturated rings. The van der Waals surface area contributed by atoms with Crippen molar-refractivity contribution in [1.82, 2.24) is 4.90 Å². The topological polar surface area (TPSA) is 56.1 Å². The van der Waals surface area contributed by atoms with Crippen LogP contribution < -0.4 is 5.32 Å². The third-order valence-corrected chi connectivity index (χ3v) is 3.80. The van der Waals surface area contributed by atoms with E-state index < -0.39 is 0 Å². The quantitative estimate of drug-likeness (QED) is 0.858. The van der Waals surface area contributed by atoms with Crippen molar-refractivity contribution in [2.24, 2.45) is 5.92 Å². The predicted molar refractivity (Wildman–Crippen MR) is 75.4 cm³/mol. The minimum absolute atomic E-state index is 0.0756. The molecule has 0 aliphatic carbocycles. The molecular formula is C13H13Cl2N3O. The minimum atomic E-state index is -0.210. The summed E-state index contributed by atoms with van der Waals surface area (Å²) in [5, 5.41) is 12.5. The zero-order chi connectivity index (χ0) is 13.8. The van der Waals surface area contributed by atoms with Gasteiger partial charge in [-0.15, -0.1) is 0 Å². The summed E-state index contributed by atoms with van der Waals surface area (Å²) >= 11 is 11.7. The zero-order valence-corrected chi connectivity index (χ0v) is 11.7. The Morgan fingerprint density at radius 1 is 1.42 bits per heavy atom. The van der Waals surface area contributed by atoms with Gasteiger partial charge in [-0.25, -0.2) is 4.79 Å². The maximum absolute atomic E-state index is 12.1. The summed E-state index contributed by atoms with van der Waals surface area (Å²) in [5.41, 5.74) is 0.596. The fraction of sp³-hybridized carbons (Fsp3) is 0.385. The van der Waals surface area contributed by atoms with Gasteiger partial charge in [-0.2, -0.15) is 5.26 Å². The molecule has 1 atom stereocenters. The SMILES string of the molecule is N#CC1CCCN(C(=O)Nc2ccc(Cl)c(Cl)c2)C1. The van der Waals surface area contributed by atoms with Crippen molar-refractivity contribution in [2.45, 2.75) is 12.8 Å². The number of urea groups is 1. The average molecular weight is 298 g/mol. The minimum Gasteiger partial charge on any atom is -0.323 e. The normalized spacial score (nSPS) is 18.8. The molecule has 1 heterocycles. The van der Waals surface area contributed by atoms with E-state index in [1.165, 1.54) is 0 Å². The van der Waals surface area contributed by atoms with Crippen molar-refractivity contribution in [2.75, 3.05) is 18.4 Å². The highest BCUT2D eigenvalue weighted by Crippen LogP contribution is 2.25. The van der Waals surface area contributed by atoms with Crippen LogP contribution in [0, 0.1) is 17.2 Å². The molecule has 2 amide bonds. The molecule has 1 unspecified atom stereocenters. The number of nitrogens with one attached hydrogen (secondary N) is 1. The number of nitriles is 1. The van der Waals surface area contributed by atoms with Crippen LogP contribution in [0.3, 0.4) is 0 Å². The molecular weight excluding hydrogens is 285 g/mol. The number of carbonyl (C=O) groups is 1. The largest absolute Gasteiger partial charge is 0.323 e. The third-order valence-electron chi connectivity index (χ3n) is 3.06. The Bertz CT molecular complexity index is 527. The maximum atomic E-state index is 12.1. The van der Waals surface area contributed by atoms with Gasteiger partial charge >= 0.3 is 6.03 Å². The van der Waals surface area contributed by atoms with Gasteiger partial charge in [-0.1, -0.05) is 23.2 Å². The van der Waals surface area contributed by atoms with E-state index in [9.17, 15) is 4.79 Å². The lowest BCUT2D eigenvalue weighted by Crippen LogP contribution is -2.42. The standard InChI is InChI=1S/C13H13Cl2N3O/c14-11-4-3-10(6-12(11)15)17-13(19)18-5-1-2-9(7-16)8-18/h3-4,6,9H,1-2,5,8H2,(H,17,19). The molecule has 19 heavy (non-hydrogen) atoms. The van der Waals surface area contributed by atoms with E-state index in [1.807, 2.05) is 0 Å². The van der Waals surface area contributed by atoms with Crippen molar-refractivity contribution in [3.63, 3.8) is 0 Å². The number of benzene rings is 1. The Balaban J connectivity index is 2.00. The highest BCUT2D eigenvalue weighted by molar-refractivity contribution is 6.42. The number of halogens is 2. The van der Waals surface area contributed by atoms with Crippen LogP contribution in [0.1, 0.15) is 12.8 Å². The first-order chi connectivity index (χ1) is 9.10. The van der Waals surface area contributed by atoms with Crippen molar-refractivity contribution in [1.29, 1.82) is 5.26 Å². The van der Waals surface area contributed by atoms with E-state index in [1.54, 1.807) is 23.1 Å². The van der Waals surface area contributed by atoms with Crippen LogP contribution >= 0.6 is 23.2 Å². The Morgan fingerprint density at radius 3 is 2.89 bits per heavy atom. The van der Waals surface area contributed by atoms with Gasteiger partial charge in [0, 0.05) is 18.8 Å². The summed E-state index contributed by atoms with van der Waals surface area (Å²) in [7, 11) is 0. The molecule has 1 aromatic rings. The van der Waals surface area contributed by atoms with E-state index >= 15 is 0 Å². The molecule has 0 spiro atoms. The van der Waals surface area contributed by atoms with Crippen LogP contribution in [0.25, 0.3) is 0 Å². The van der Waals surface area contributed by atoms with Gasteiger partial charge in [-0.05, 0) is 31.0 Å². The number of hydrogen-bond donors (Lipinski definition) is 1. The molecule has 4 nitrogen and oxygen atoms in total. The van der Waals surface area contributed by atoms with Crippen LogP contribution in [0.15, 0.2) is 18.2 Å². The highest BCUT2D eigenvalue weighted by Gasteiger charge is 2.23. The van der Waals surface area contributed by atoms with Crippen LogP contribution in [-0.2, 0) is 0 Å². The molecule has 100 valence electrons. The van der Waals surface area contributed by atoms with Crippen LogP contribution in [-0.4, -0.2) is 24.0 Å². The van der Waals surface area contributed by atoms with Gasteiger partial charge in [-0.3, -0.25) is 0 Å². The first-order valence-corrected chi connectivity index (χ1v) is 6.76. The van der Waals surface area contributed by atoms with E-state index in [0.717, 1.165) is 12.8 Å². The van der Waals surface area contributed by atoms with Gasteiger partial charge in [0.15, 0.2) is 0 Å². The monoisotopic (exact) mass is 297 g/mol. The van der Waals surface area contributed by atoms with Crippen molar-refractivity contribution < 1.29 is 4.79 Å². The summed E-state index contributed by atoms with van der Waals surface area (Å²) in [6.07, 6.45) is 1.71. The average Bonchev–Trinajstić information content (AvgIpc) is 2.43. The first-order valence-electron chi connectivity index (χ1n) is 6.00. The molecule has 0 radical (unpaired) electrons. The van der Waals surface area contributed by atoms with E-state index in [2.05, 4.69) is 11.4 Å².